The van der Waals surface area contributed by atoms with Crippen molar-refractivity contribution in [2.24, 2.45) is 0 Å². The number of hydrogen-bond donors (Lipinski definition) is 2. The first-order chi connectivity index (χ1) is 9.16. The highest BCUT2D eigenvalue weighted by Crippen LogP contribution is 2.20. The zero-order valence-electron chi connectivity index (χ0n) is 10.7. The van der Waals surface area contributed by atoms with Gasteiger partial charge in [-0.2, -0.15) is 0 Å². The van der Waals surface area contributed by atoms with Crippen LogP contribution in [0, 0.1) is 0 Å². The Morgan fingerprint density at radius 2 is 2.32 bits per heavy atom. The van der Waals surface area contributed by atoms with Gasteiger partial charge in [0.1, 0.15) is 0 Å². The number of carbonyl (C=O) groups excluding carboxylic acids is 1. The van der Waals surface area contributed by atoms with E-state index in [0.29, 0.717) is 18.2 Å². The Labute approximate surface area is 127 Å². The van der Waals surface area contributed by atoms with Crippen LogP contribution < -0.4 is 5.32 Å². The maximum absolute atomic E-state index is 12.0. The normalized spacial score (nSPS) is 19.2. The Morgan fingerprint density at radius 3 is 3.05 bits per heavy atom. The van der Waals surface area contributed by atoms with E-state index in [0.717, 1.165) is 35.2 Å². The first-order valence-electron chi connectivity index (χ1n) is 6.55. The van der Waals surface area contributed by atoms with Gasteiger partial charge in [-0.3, -0.25) is 4.79 Å². The molecule has 2 rings (SSSR count). The number of nitrogens with one attached hydrogen (secondary N) is 1. The lowest BCUT2D eigenvalue weighted by Crippen LogP contribution is -2.29. The first kappa shape index (κ1) is 14.9. The topological polar surface area (TPSA) is 38.3 Å². The van der Waals surface area contributed by atoms with Crippen molar-refractivity contribution in [2.45, 2.75) is 36.7 Å². The Bertz CT molecular complexity index is 447. The SMILES string of the molecule is O=C(NCCC1CCCCO1)c1cc(S)ccc1Br. The molecule has 5 heteroatoms. The van der Waals surface area contributed by atoms with Crippen molar-refractivity contribution in [2.75, 3.05) is 13.2 Å². The van der Waals surface area contributed by atoms with Crippen LogP contribution in [-0.2, 0) is 4.74 Å². The molecule has 1 amide bonds. The third-order valence-electron chi connectivity index (χ3n) is 3.22. The minimum atomic E-state index is -0.0708. The molecule has 0 aromatic heterocycles. The van der Waals surface area contributed by atoms with E-state index in [9.17, 15) is 4.79 Å². The van der Waals surface area contributed by atoms with Gasteiger partial charge in [-0.15, -0.1) is 12.6 Å². The van der Waals surface area contributed by atoms with Crippen LogP contribution in [0.2, 0.25) is 0 Å². The van der Waals surface area contributed by atoms with E-state index >= 15 is 0 Å². The van der Waals surface area contributed by atoms with Crippen molar-refractivity contribution in [3.63, 3.8) is 0 Å². The van der Waals surface area contributed by atoms with E-state index in [2.05, 4.69) is 33.9 Å². The quantitative estimate of drug-likeness (QED) is 0.822. The lowest BCUT2D eigenvalue weighted by Gasteiger charge is -2.22. The fourth-order valence-corrected chi connectivity index (χ4v) is 2.79. The number of ether oxygens (including phenoxy) is 1. The second-order valence-electron chi connectivity index (χ2n) is 4.70. The summed E-state index contributed by atoms with van der Waals surface area (Å²) < 4.78 is 6.42. The molecule has 0 radical (unpaired) electrons. The largest absolute Gasteiger partial charge is 0.378 e. The molecular weight excluding hydrogens is 326 g/mol. The predicted molar refractivity (Wildman–Crippen MR) is 81.9 cm³/mol. The first-order valence-corrected chi connectivity index (χ1v) is 7.79. The molecular formula is C14H18BrNO2S. The van der Waals surface area contributed by atoms with Gasteiger partial charge in [0.15, 0.2) is 0 Å². The van der Waals surface area contributed by atoms with Crippen molar-refractivity contribution in [1.82, 2.24) is 5.32 Å². The fourth-order valence-electron chi connectivity index (χ4n) is 2.16. The minimum absolute atomic E-state index is 0.0708. The van der Waals surface area contributed by atoms with Crippen molar-refractivity contribution in [3.05, 3.63) is 28.2 Å². The van der Waals surface area contributed by atoms with Crippen LogP contribution >= 0.6 is 28.6 Å². The molecule has 1 aromatic rings. The number of benzene rings is 1. The van der Waals surface area contributed by atoms with Crippen LogP contribution in [0.15, 0.2) is 27.6 Å². The molecule has 0 saturated carbocycles. The Kier molecular flexibility index (Phi) is 5.73. The van der Waals surface area contributed by atoms with Crippen molar-refractivity contribution >= 4 is 34.5 Å². The van der Waals surface area contributed by atoms with Crippen molar-refractivity contribution < 1.29 is 9.53 Å². The van der Waals surface area contributed by atoms with Gasteiger partial charge in [0.25, 0.3) is 5.91 Å². The summed E-state index contributed by atoms with van der Waals surface area (Å²) in [4.78, 5) is 12.8. The van der Waals surface area contributed by atoms with Gasteiger partial charge in [-0.25, -0.2) is 0 Å². The van der Waals surface area contributed by atoms with Gasteiger partial charge in [-0.1, -0.05) is 0 Å². The summed E-state index contributed by atoms with van der Waals surface area (Å²) in [5, 5.41) is 2.93. The molecule has 0 aliphatic carbocycles. The van der Waals surface area contributed by atoms with Crippen molar-refractivity contribution in [1.29, 1.82) is 0 Å². The number of halogens is 1. The Hall–Kier alpha value is -0.520. The molecule has 1 aliphatic heterocycles. The molecule has 1 unspecified atom stereocenters. The molecule has 1 N–H and O–H groups in total. The van der Waals surface area contributed by atoms with E-state index in [4.69, 9.17) is 4.74 Å². The second kappa shape index (κ2) is 7.31. The number of rotatable bonds is 4. The van der Waals surface area contributed by atoms with Crippen LogP contribution in [0.1, 0.15) is 36.0 Å². The molecule has 1 atom stereocenters. The molecule has 1 fully saturated rings. The molecule has 1 saturated heterocycles. The van der Waals surface area contributed by atoms with Crippen LogP contribution in [0.25, 0.3) is 0 Å². The van der Waals surface area contributed by atoms with Gasteiger partial charge < -0.3 is 10.1 Å². The molecule has 3 nitrogen and oxygen atoms in total. The standard InChI is InChI=1S/C14H18BrNO2S/c15-13-5-4-11(19)9-12(13)14(17)16-7-6-10-3-1-2-8-18-10/h4-5,9-10,19H,1-3,6-8H2,(H,16,17). The second-order valence-corrected chi connectivity index (χ2v) is 6.07. The smallest absolute Gasteiger partial charge is 0.252 e. The number of hydrogen-bond acceptors (Lipinski definition) is 3. The highest BCUT2D eigenvalue weighted by atomic mass is 79.9. The maximum atomic E-state index is 12.0. The average Bonchev–Trinajstić information content (AvgIpc) is 2.42. The maximum Gasteiger partial charge on any atom is 0.252 e. The highest BCUT2D eigenvalue weighted by molar-refractivity contribution is 9.10. The summed E-state index contributed by atoms with van der Waals surface area (Å²) in [6.07, 6.45) is 4.67. The van der Waals surface area contributed by atoms with E-state index in [1.54, 1.807) is 6.07 Å². The van der Waals surface area contributed by atoms with Gasteiger partial charge in [0, 0.05) is 22.5 Å². The zero-order valence-corrected chi connectivity index (χ0v) is 13.2. The molecule has 104 valence electrons. The monoisotopic (exact) mass is 343 g/mol. The summed E-state index contributed by atoms with van der Waals surface area (Å²) in [7, 11) is 0. The minimum Gasteiger partial charge on any atom is -0.378 e. The van der Waals surface area contributed by atoms with Crippen LogP contribution in [0.4, 0.5) is 0 Å². The lowest BCUT2D eigenvalue weighted by molar-refractivity contribution is 0.0117. The third kappa shape index (κ3) is 4.51. The van der Waals surface area contributed by atoms with E-state index in [1.165, 1.54) is 6.42 Å². The predicted octanol–water partition coefficient (Wildman–Crippen LogP) is 3.43. The summed E-state index contributed by atoms with van der Waals surface area (Å²) in [6.45, 7) is 1.50. The van der Waals surface area contributed by atoms with E-state index in [1.807, 2.05) is 12.1 Å². The van der Waals surface area contributed by atoms with Gasteiger partial charge in [-0.05, 0) is 59.8 Å². The summed E-state index contributed by atoms with van der Waals surface area (Å²) >= 11 is 7.63. The highest BCUT2D eigenvalue weighted by Gasteiger charge is 2.15. The summed E-state index contributed by atoms with van der Waals surface area (Å²) in [5.41, 5.74) is 0.622. The van der Waals surface area contributed by atoms with E-state index < -0.39 is 0 Å². The number of thiol groups is 1. The Morgan fingerprint density at radius 1 is 1.47 bits per heavy atom. The number of carbonyl (C=O) groups is 1. The van der Waals surface area contributed by atoms with Gasteiger partial charge in [0.2, 0.25) is 0 Å². The average molecular weight is 344 g/mol. The Balaban J connectivity index is 1.82. The molecule has 0 spiro atoms. The molecule has 1 aliphatic rings. The van der Waals surface area contributed by atoms with Gasteiger partial charge >= 0.3 is 0 Å². The third-order valence-corrected chi connectivity index (χ3v) is 4.19. The summed E-state index contributed by atoms with van der Waals surface area (Å²) in [6, 6.07) is 5.45. The molecule has 1 heterocycles. The lowest BCUT2D eigenvalue weighted by atomic mass is 10.1. The summed E-state index contributed by atoms with van der Waals surface area (Å²) in [5.74, 6) is -0.0708. The zero-order chi connectivity index (χ0) is 13.7. The number of amides is 1. The molecule has 19 heavy (non-hydrogen) atoms. The fraction of sp³-hybridized carbons (Fsp3) is 0.500. The van der Waals surface area contributed by atoms with Crippen LogP contribution in [-0.4, -0.2) is 25.2 Å². The van der Waals surface area contributed by atoms with Crippen LogP contribution in [0.3, 0.4) is 0 Å². The molecule has 1 aromatic carbocycles. The molecule has 0 bridgehead atoms. The van der Waals surface area contributed by atoms with Crippen LogP contribution in [0.5, 0.6) is 0 Å². The van der Waals surface area contributed by atoms with E-state index in [-0.39, 0.29) is 5.91 Å². The van der Waals surface area contributed by atoms with Crippen molar-refractivity contribution in [3.8, 4) is 0 Å². The van der Waals surface area contributed by atoms with Gasteiger partial charge in [0.05, 0.1) is 11.7 Å².